The zero-order valence-corrected chi connectivity index (χ0v) is 11.7. The molecule has 1 aliphatic carbocycles. The highest BCUT2D eigenvalue weighted by atomic mass is 16.4. The molecule has 0 spiro atoms. The van der Waals surface area contributed by atoms with E-state index in [1.807, 2.05) is 0 Å². The summed E-state index contributed by atoms with van der Waals surface area (Å²) in [5.41, 5.74) is 0.110. The molecule has 4 heteroatoms. The summed E-state index contributed by atoms with van der Waals surface area (Å²) in [7, 11) is 0. The number of aliphatic carboxylic acids is 1. The van der Waals surface area contributed by atoms with Crippen LogP contribution in [0.5, 0.6) is 0 Å². The van der Waals surface area contributed by atoms with Gasteiger partial charge in [-0.3, -0.25) is 9.59 Å². The van der Waals surface area contributed by atoms with Gasteiger partial charge in [0.15, 0.2) is 0 Å². The summed E-state index contributed by atoms with van der Waals surface area (Å²) in [4.78, 5) is 22.6. The van der Waals surface area contributed by atoms with Crippen molar-refractivity contribution in [3.63, 3.8) is 0 Å². The van der Waals surface area contributed by atoms with E-state index in [9.17, 15) is 9.59 Å². The van der Waals surface area contributed by atoms with Gasteiger partial charge in [-0.2, -0.15) is 0 Å². The number of rotatable bonds is 6. The van der Waals surface area contributed by atoms with Gasteiger partial charge in [-0.15, -0.1) is 0 Å². The Morgan fingerprint density at radius 1 is 1.44 bits per heavy atom. The Kier molecular flexibility index (Phi) is 5.17. The third-order valence-corrected chi connectivity index (χ3v) is 4.11. The minimum Gasteiger partial charge on any atom is -0.481 e. The van der Waals surface area contributed by atoms with E-state index in [0.29, 0.717) is 13.0 Å². The molecule has 104 valence electrons. The maximum Gasteiger partial charge on any atom is 0.306 e. The highest BCUT2D eigenvalue weighted by Gasteiger charge is 2.38. The minimum absolute atomic E-state index is 0.110. The van der Waals surface area contributed by atoms with Gasteiger partial charge in [0.05, 0.1) is 5.92 Å². The summed E-state index contributed by atoms with van der Waals surface area (Å²) in [5, 5.41) is 11.7. The molecule has 0 aromatic carbocycles. The van der Waals surface area contributed by atoms with Gasteiger partial charge in [0.1, 0.15) is 0 Å². The van der Waals surface area contributed by atoms with Crippen LogP contribution in [-0.2, 0) is 9.59 Å². The Hall–Kier alpha value is -1.06. The summed E-state index contributed by atoms with van der Waals surface area (Å²) >= 11 is 0. The quantitative estimate of drug-likeness (QED) is 0.716. The number of hydrogen-bond donors (Lipinski definition) is 2. The molecular formula is C14H25NO3. The SMILES string of the molecule is CC(CCCNC(=O)C1CCCC1(C)C)C(=O)O. The molecule has 0 aromatic rings. The average molecular weight is 255 g/mol. The second-order valence-electron chi connectivity index (χ2n) is 6.11. The first-order valence-corrected chi connectivity index (χ1v) is 6.85. The van der Waals surface area contributed by atoms with E-state index in [-0.39, 0.29) is 23.2 Å². The molecule has 1 saturated carbocycles. The largest absolute Gasteiger partial charge is 0.481 e. The van der Waals surface area contributed by atoms with Gasteiger partial charge < -0.3 is 10.4 Å². The molecule has 2 N–H and O–H groups in total. The van der Waals surface area contributed by atoms with Gasteiger partial charge in [0.25, 0.3) is 0 Å². The number of carboxylic acids is 1. The second kappa shape index (κ2) is 6.21. The Labute approximate surface area is 109 Å². The lowest BCUT2D eigenvalue weighted by molar-refractivity contribution is -0.141. The molecule has 0 radical (unpaired) electrons. The fourth-order valence-corrected chi connectivity index (χ4v) is 2.68. The fourth-order valence-electron chi connectivity index (χ4n) is 2.68. The Balaban J connectivity index is 2.24. The Bertz CT molecular complexity index is 312. The first-order valence-electron chi connectivity index (χ1n) is 6.85. The topological polar surface area (TPSA) is 66.4 Å². The summed E-state index contributed by atoms with van der Waals surface area (Å²) < 4.78 is 0. The predicted octanol–water partition coefficient (Wildman–Crippen LogP) is 2.43. The third kappa shape index (κ3) is 4.00. The van der Waals surface area contributed by atoms with Gasteiger partial charge in [-0.05, 0) is 31.1 Å². The van der Waals surface area contributed by atoms with Gasteiger partial charge in [0, 0.05) is 12.5 Å². The van der Waals surface area contributed by atoms with E-state index in [0.717, 1.165) is 25.7 Å². The minimum atomic E-state index is -0.766. The Morgan fingerprint density at radius 3 is 2.61 bits per heavy atom. The highest BCUT2D eigenvalue weighted by Crippen LogP contribution is 2.42. The summed E-state index contributed by atoms with van der Waals surface area (Å²) in [6.07, 6.45) is 4.56. The van der Waals surface area contributed by atoms with Crippen molar-refractivity contribution in [2.75, 3.05) is 6.54 Å². The van der Waals surface area contributed by atoms with Crippen LogP contribution in [0, 0.1) is 17.3 Å². The van der Waals surface area contributed by atoms with Crippen molar-refractivity contribution in [1.29, 1.82) is 0 Å². The molecule has 0 aromatic heterocycles. The lowest BCUT2D eigenvalue weighted by Crippen LogP contribution is -2.36. The van der Waals surface area contributed by atoms with Crippen molar-refractivity contribution in [3.05, 3.63) is 0 Å². The van der Waals surface area contributed by atoms with E-state index in [1.165, 1.54) is 0 Å². The van der Waals surface area contributed by atoms with E-state index in [1.54, 1.807) is 6.92 Å². The van der Waals surface area contributed by atoms with Crippen molar-refractivity contribution in [2.24, 2.45) is 17.3 Å². The zero-order chi connectivity index (χ0) is 13.8. The first-order chi connectivity index (χ1) is 8.34. The lowest BCUT2D eigenvalue weighted by Gasteiger charge is -2.25. The predicted molar refractivity (Wildman–Crippen MR) is 70.2 cm³/mol. The number of nitrogens with one attached hydrogen (secondary N) is 1. The van der Waals surface area contributed by atoms with Crippen LogP contribution in [0.4, 0.5) is 0 Å². The standard InChI is InChI=1S/C14H25NO3/c1-10(13(17)18)6-5-9-15-12(16)11-7-4-8-14(11,2)3/h10-11H,4-9H2,1-3H3,(H,15,16)(H,17,18). The van der Waals surface area contributed by atoms with Crippen molar-refractivity contribution < 1.29 is 14.7 Å². The van der Waals surface area contributed by atoms with Crippen molar-refractivity contribution in [1.82, 2.24) is 5.32 Å². The number of carbonyl (C=O) groups is 2. The van der Waals surface area contributed by atoms with Crippen molar-refractivity contribution in [2.45, 2.75) is 52.9 Å². The summed E-state index contributed by atoms with van der Waals surface area (Å²) in [6.45, 7) is 6.58. The number of carboxylic acid groups (broad SMARTS) is 1. The molecular weight excluding hydrogens is 230 g/mol. The highest BCUT2D eigenvalue weighted by molar-refractivity contribution is 5.79. The molecule has 2 atom stereocenters. The Morgan fingerprint density at radius 2 is 2.11 bits per heavy atom. The van der Waals surface area contributed by atoms with Crippen LogP contribution < -0.4 is 5.32 Å². The molecule has 2 unspecified atom stereocenters. The van der Waals surface area contributed by atoms with Gasteiger partial charge in [-0.25, -0.2) is 0 Å². The van der Waals surface area contributed by atoms with Gasteiger partial charge >= 0.3 is 5.97 Å². The molecule has 1 fully saturated rings. The molecule has 18 heavy (non-hydrogen) atoms. The van der Waals surface area contributed by atoms with Crippen LogP contribution in [0.1, 0.15) is 52.9 Å². The van der Waals surface area contributed by atoms with Crippen LogP contribution in [0.2, 0.25) is 0 Å². The number of hydrogen-bond acceptors (Lipinski definition) is 2. The van der Waals surface area contributed by atoms with Crippen LogP contribution in [0.3, 0.4) is 0 Å². The van der Waals surface area contributed by atoms with E-state index in [2.05, 4.69) is 19.2 Å². The van der Waals surface area contributed by atoms with Gasteiger partial charge in [-0.1, -0.05) is 27.2 Å². The van der Waals surface area contributed by atoms with Crippen LogP contribution in [0.15, 0.2) is 0 Å². The third-order valence-electron chi connectivity index (χ3n) is 4.11. The molecule has 1 rings (SSSR count). The number of amides is 1. The lowest BCUT2D eigenvalue weighted by atomic mass is 9.81. The maximum atomic E-state index is 12.0. The molecule has 4 nitrogen and oxygen atoms in total. The monoisotopic (exact) mass is 255 g/mol. The molecule has 0 aliphatic heterocycles. The molecule has 1 aliphatic rings. The van der Waals surface area contributed by atoms with Gasteiger partial charge in [0.2, 0.25) is 5.91 Å². The second-order valence-corrected chi connectivity index (χ2v) is 6.11. The maximum absolute atomic E-state index is 12.0. The fraction of sp³-hybridized carbons (Fsp3) is 0.857. The summed E-state index contributed by atoms with van der Waals surface area (Å²) in [5.74, 6) is -0.835. The average Bonchev–Trinajstić information content (AvgIpc) is 2.63. The smallest absolute Gasteiger partial charge is 0.306 e. The van der Waals surface area contributed by atoms with E-state index in [4.69, 9.17) is 5.11 Å². The van der Waals surface area contributed by atoms with Crippen LogP contribution in [-0.4, -0.2) is 23.5 Å². The molecule has 1 amide bonds. The van der Waals surface area contributed by atoms with Crippen LogP contribution >= 0.6 is 0 Å². The zero-order valence-electron chi connectivity index (χ0n) is 11.7. The molecule has 0 heterocycles. The van der Waals surface area contributed by atoms with E-state index >= 15 is 0 Å². The molecule has 0 saturated heterocycles. The van der Waals surface area contributed by atoms with Crippen LogP contribution in [0.25, 0.3) is 0 Å². The normalized spacial score (nSPS) is 23.6. The van der Waals surface area contributed by atoms with Crippen molar-refractivity contribution >= 4 is 11.9 Å². The number of carbonyl (C=O) groups excluding carboxylic acids is 1. The molecule has 0 bridgehead atoms. The first kappa shape index (κ1) is 15.0. The van der Waals surface area contributed by atoms with Crippen molar-refractivity contribution in [3.8, 4) is 0 Å². The summed E-state index contributed by atoms with van der Waals surface area (Å²) in [6, 6.07) is 0. The van der Waals surface area contributed by atoms with E-state index < -0.39 is 5.97 Å².